The topological polar surface area (TPSA) is 107 Å². The van der Waals surface area contributed by atoms with E-state index >= 15 is 0 Å². The van der Waals surface area contributed by atoms with Gasteiger partial charge in [-0.15, -0.1) is 0 Å². The molecule has 0 saturated carbocycles. The average molecular weight is 190 g/mol. The van der Waals surface area contributed by atoms with Gasteiger partial charge in [-0.1, -0.05) is 0 Å². The van der Waals surface area contributed by atoms with Crippen molar-refractivity contribution in [3.8, 4) is 0 Å². The van der Waals surface area contributed by atoms with Gasteiger partial charge in [0.2, 0.25) is 0 Å². The Morgan fingerprint density at radius 3 is 1.77 bits per heavy atom. The van der Waals surface area contributed by atoms with E-state index in [0.29, 0.717) is 12.2 Å². The second kappa shape index (κ2) is 6.15. The summed E-state index contributed by atoms with van der Waals surface area (Å²) in [5.41, 5.74) is 0. The van der Waals surface area contributed by atoms with Gasteiger partial charge in [0, 0.05) is 12.2 Å². The summed E-state index contributed by atoms with van der Waals surface area (Å²) in [7, 11) is 0. The van der Waals surface area contributed by atoms with Gasteiger partial charge >= 0.3 is 11.9 Å². The second-order valence-corrected chi connectivity index (χ2v) is 2.15. The van der Waals surface area contributed by atoms with Gasteiger partial charge in [0.15, 0.2) is 0 Å². The molecule has 1 heterocycles. The summed E-state index contributed by atoms with van der Waals surface area (Å²) < 4.78 is 4.61. The number of aliphatic hydroxyl groups is 1. The molecular formula is C7H10O6. The zero-order chi connectivity index (χ0) is 10.3. The van der Waals surface area contributed by atoms with Crippen molar-refractivity contribution in [2.75, 3.05) is 13.2 Å². The summed E-state index contributed by atoms with van der Waals surface area (Å²) in [4.78, 5) is 19.1. The van der Waals surface area contributed by atoms with E-state index in [1.54, 1.807) is 0 Å². The van der Waals surface area contributed by atoms with E-state index in [2.05, 4.69) is 4.74 Å². The Labute approximate surface area is 74.1 Å². The predicted octanol–water partition coefficient (Wildman–Crippen LogP) is -0.911. The Morgan fingerprint density at radius 2 is 1.69 bits per heavy atom. The van der Waals surface area contributed by atoms with Crippen molar-refractivity contribution in [3.63, 3.8) is 0 Å². The van der Waals surface area contributed by atoms with Gasteiger partial charge < -0.3 is 20.1 Å². The van der Waals surface area contributed by atoms with Gasteiger partial charge in [-0.3, -0.25) is 0 Å². The third-order valence-electron chi connectivity index (χ3n) is 0.974. The lowest BCUT2D eigenvalue weighted by Gasteiger charge is -1.74. The Balaban J connectivity index is 0.000000243. The maximum Gasteiger partial charge on any atom is 0.328 e. The maximum absolute atomic E-state index is 9.55. The Hall–Kier alpha value is -1.40. The monoisotopic (exact) mass is 190 g/mol. The highest BCUT2D eigenvalue weighted by Crippen LogP contribution is 2.04. The van der Waals surface area contributed by atoms with Crippen molar-refractivity contribution in [2.24, 2.45) is 0 Å². The summed E-state index contributed by atoms with van der Waals surface area (Å²) in [5, 5.41) is 23.7. The SMILES string of the molecule is O=C(O)/C=C\C(=O)O.OCC1CO1. The van der Waals surface area contributed by atoms with Crippen LogP contribution in [-0.4, -0.2) is 46.6 Å². The normalized spacial score (nSPS) is 19.0. The minimum Gasteiger partial charge on any atom is -0.478 e. The minimum absolute atomic E-state index is 0.190. The van der Waals surface area contributed by atoms with Crippen molar-refractivity contribution in [1.82, 2.24) is 0 Å². The summed E-state index contributed by atoms with van der Waals surface area (Å²) in [6.07, 6.45) is 1.31. The fourth-order valence-electron chi connectivity index (χ4n) is 0.316. The third-order valence-corrected chi connectivity index (χ3v) is 0.974. The molecule has 0 aromatic heterocycles. The number of carboxylic acid groups (broad SMARTS) is 2. The van der Waals surface area contributed by atoms with Gasteiger partial charge in [0.1, 0.15) is 6.10 Å². The Kier molecular flexibility index (Phi) is 5.49. The molecule has 0 aromatic carbocycles. The summed E-state index contributed by atoms with van der Waals surface area (Å²) in [5.74, 6) is -2.51. The van der Waals surface area contributed by atoms with E-state index in [4.69, 9.17) is 15.3 Å². The van der Waals surface area contributed by atoms with Crippen molar-refractivity contribution in [1.29, 1.82) is 0 Å². The molecule has 3 N–H and O–H groups in total. The van der Waals surface area contributed by atoms with E-state index in [0.717, 1.165) is 6.61 Å². The Morgan fingerprint density at radius 1 is 1.31 bits per heavy atom. The molecule has 1 rings (SSSR count). The molecule has 0 spiro atoms. The molecule has 1 saturated heterocycles. The Bertz CT molecular complexity index is 189. The lowest BCUT2D eigenvalue weighted by molar-refractivity contribution is -0.134. The zero-order valence-electron chi connectivity index (χ0n) is 6.71. The molecule has 13 heavy (non-hydrogen) atoms. The van der Waals surface area contributed by atoms with Crippen LogP contribution in [0.2, 0.25) is 0 Å². The first-order valence-corrected chi connectivity index (χ1v) is 3.42. The summed E-state index contributed by atoms with van der Waals surface area (Å²) in [6, 6.07) is 0. The van der Waals surface area contributed by atoms with Crippen LogP contribution in [0, 0.1) is 0 Å². The van der Waals surface area contributed by atoms with Crippen LogP contribution in [0.15, 0.2) is 12.2 Å². The maximum atomic E-state index is 9.55. The van der Waals surface area contributed by atoms with Crippen molar-refractivity contribution < 1.29 is 29.6 Å². The van der Waals surface area contributed by atoms with Crippen molar-refractivity contribution in [2.45, 2.75) is 6.10 Å². The molecule has 0 aliphatic carbocycles. The zero-order valence-corrected chi connectivity index (χ0v) is 6.71. The number of aliphatic carboxylic acids is 2. The van der Waals surface area contributed by atoms with Gasteiger partial charge in [-0.25, -0.2) is 9.59 Å². The number of carbonyl (C=O) groups is 2. The van der Waals surface area contributed by atoms with Crippen LogP contribution in [0.4, 0.5) is 0 Å². The van der Waals surface area contributed by atoms with Crippen LogP contribution in [0.3, 0.4) is 0 Å². The highest BCUT2D eigenvalue weighted by Gasteiger charge is 2.19. The first kappa shape index (κ1) is 11.6. The van der Waals surface area contributed by atoms with Gasteiger partial charge in [0.05, 0.1) is 13.2 Å². The number of carboxylic acids is 2. The first-order chi connectivity index (χ1) is 6.06. The van der Waals surface area contributed by atoms with E-state index in [9.17, 15) is 9.59 Å². The summed E-state index contributed by atoms with van der Waals surface area (Å²) in [6.45, 7) is 0.955. The predicted molar refractivity (Wildman–Crippen MR) is 41.2 cm³/mol. The van der Waals surface area contributed by atoms with Crippen LogP contribution in [-0.2, 0) is 14.3 Å². The number of epoxide rings is 1. The molecule has 6 nitrogen and oxygen atoms in total. The molecule has 0 aromatic rings. The highest BCUT2D eigenvalue weighted by atomic mass is 16.6. The van der Waals surface area contributed by atoms with Crippen LogP contribution in [0.1, 0.15) is 0 Å². The quantitative estimate of drug-likeness (QED) is 0.392. The van der Waals surface area contributed by atoms with Gasteiger partial charge in [0.25, 0.3) is 0 Å². The highest BCUT2D eigenvalue weighted by molar-refractivity contribution is 5.89. The van der Waals surface area contributed by atoms with Crippen molar-refractivity contribution >= 4 is 11.9 Å². The molecule has 1 aliphatic rings. The van der Waals surface area contributed by atoms with Gasteiger partial charge in [-0.05, 0) is 0 Å². The number of hydrogen-bond donors (Lipinski definition) is 3. The fraction of sp³-hybridized carbons (Fsp3) is 0.429. The van der Waals surface area contributed by atoms with Crippen molar-refractivity contribution in [3.05, 3.63) is 12.2 Å². The van der Waals surface area contributed by atoms with Crippen LogP contribution >= 0.6 is 0 Å². The molecule has 0 amide bonds. The molecule has 0 bridgehead atoms. The number of hydrogen-bond acceptors (Lipinski definition) is 4. The minimum atomic E-state index is -1.26. The van der Waals surface area contributed by atoms with E-state index in [1.165, 1.54) is 0 Å². The van der Waals surface area contributed by atoms with Crippen LogP contribution < -0.4 is 0 Å². The lowest BCUT2D eigenvalue weighted by Crippen LogP contribution is -1.91. The molecule has 74 valence electrons. The number of rotatable bonds is 3. The van der Waals surface area contributed by atoms with E-state index in [-0.39, 0.29) is 12.7 Å². The molecule has 1 fully saturated rings. The molecule has 0 radical (unpaired) electrons. The fourth-order valence-corrected chi connectivity index (χ4v) is 0.316. The van der Waals surface area contributed by atoms with E-state index in [1.807, 2.05) is 0 Å². The molecule has 1 unspecified atom stereocenters. The second-order valence-electron chi connectivity index (χ2n) is 2.15. The molecule has 1 atom stereocenters. The number of ether oxygens (including phenoxy) is 1. The molecule has 6 heteroatoms. The lowest BCUT2D eigenvalue weighted by atomic mass is 10.5. The largest absolute Gasteiger partial charge is 0.478 e. The smallest absolute Gasteiger partial charge is 0.328 e. The molecular weight excluding hydrogens is 180 g/mol. The number of aliphatic hydroxyl groups excluding tert-OH is 1. The first-order valence-electron chi connectivity index (χ1n) is 3.42. The van der Waals surface area contributed by atoms with Gasteiger partial charge in [-0.2, -0.15) is 0 Å². The van der Waals surface area contributed by atoms with Crippen LogP contribution in [0.25, 0.3) is 0 Å². The standard InChI is InChI=1S/C4H4O4.C3H6O2/c5-3(6)1-2-4(7)8;4-1-3-2-5-3/h1-2H,(H,5,6)(H,7,8);3-4H,1-2H2/b2-1-;. The average Bonchev–Trinajstić information content (AvgIpc) is 2.84. The summed E-state index contributed by atoms with van der Waals surface area (Å²) >= 11 is 0. The third kappa shape index (κ3) is 10.6. The molecule has 1 aliphatic heterocycles. The van der Waals surface area contributed by atoms with Crippen LogP contribution in [0.5, 0.6) is 0 Å². The van der Waals surface area contributed by atoms with E-state index < -0.39 is 11.9 Å².